The number of urea groups is 1. The number of amides is 3. The van der Waals surface area contributed by atoms with E-state index in [1.807, 2.05) is 0 Å². The minimum Gasteiger partial charge on any atom is -0.350 e. The SMILES string of the molecule is NC1CCC(NC(=O)C2N(C(=O)Nc3ccc(Cl)c(Cl)c3)CCN2S(=O)(=O)c2ccc(Cl)c(Cl)c2)CC1. The maximum atomic E-state index is 13.6. The van der Waals surface area contributed by atoms with Crippen LogP contribution in [-0.4, -0.2) is 60.9 Å². The zero-order chi connectivity index (χ0) is 26.9. The van der Waals surface area contributed by atoms with Gasteiger partial charge >= 0.3 is 6.03 Å². The summed E-state index contributed by atoms with van der Waals surface area (Å²) in [5.41, 5.74) is 6.31. The number of hydrogen-bond acceptors (Lipinski definition) is 5. The molecule has 2 aliphatic rings. The minimum atomic E-state index is -4.22. The summed E-state index contributed by atoms with van der Waals surface area (Å²) >= 11 is 24.0. The molecule has 14 heteroatoms. The molecular formula is C23H25Cl4N5O4S. The van der Waals surface area contributed by atoms with Crippen molar-refractivity contribution in [1.82, 2.24) is 14.5 Å². The van der Waals surface area contributed by atoms with Gasteiger partial charge in [-0.05, 0) is 62.1 Å². The number of nitrogens with zero attached hydrogens (tertiary/aromatic N) is 2. The predicted molar refractivity (Wildman–Crippen MR) is 145 cm³/mol. The summed E-state index contributed by atoms with van der Waals surface area (Å²) in [4.78, 5) is 27.8. The molecule has 1 saturated heterocycles. The molecule has 1 aliphatic carbocycles. The lowest BCUT2D eigenvalue weighted by Crippen LogP contribution is -2.56. The lowest BCUT2D eigenvalue weighted by atomic mass is 9.92. The van der Waals surface area contributed by atoms with Gasteiger partial charge in [-0.15, -0.1) is 0 Å². The van der Waals surface area contributed by atoms with Crippen molar-refractivity contribution >= 4 is 74.1 Å². The Morgan fingerprint density at radius 1 is 0.865 bits per heavy atom. The van der Waals surface area contributed by atoms with Crippen molar-refractivity contribution < 1.29 is 18.0 Å². The van der Waals surface area contributed by atoms with Gasteiger partial charge in [-0.3, -0.25) is 9.69 Å². The fraction of sp³-hybridized carbons (Fsp3) is 0.391. The maximum Gasteiger partial charge on any atom is 0.323 e. The van der Waals surface area contributed by atoms with E-state index in [1.165, 1.54) is 35.2 Å². The molecule has 1 saturated carbocycles. The molecule has 2 fully saturated rings. The third kappa shape index (κ3) is 6.27. The topological polar surface area (TPSA) is 125 Å². The van der Waals surface area contributed by atoms with Crippen molar-refractivity contribution in [2.24, 2.45) is 5.73 Å². The molecule has 1 unspecified atom stereocenters. The number of sulfonamides is 1. The van der Waals surface area contributed by atoms with Gasteiger partial charge in [-0.25, -0.2) is 13.2 Å². The summed E-state index contributed by atoms with van der Waals surface area (Å²) in [5.74, 6) is -0.606. The molecule has 4 rings (SSSR count). The van der Waals surface area contributed by atoms with Crippen LogP contribution in [0.4, 0.5) is 10.5 Å². The van der Waals surface area contributed by atoms with Crippen LogP contribution < -0.4 is 16.4 Å². The van der Waals surface area contributed by atoms with Gasteiger partial charge in [0.2, 0.25) is 10.0 Å². The number of nitrogens with one attached hydrogen (secondary N) is 2. The Kier molecular flexibility index (Phi) is 8.79. The highest BCUT2D eigenvalue weighted by molar-refractivity contribution is 7.89. The fourth-order valence-corrected chi connectivity index (χ4v) is 6.66. The van der Waals surface area contributed by atoms with Crippen molar-refractivity contribution in [3.8, 4) is 0 Å². The van der Waals surface area contributed by atoms with Gasteiger partial charge < -0.3 is 16.4 Å². The second-order valence-electron chi connectivity index (χ2n) is 8.94. The zero-order valence-corrected chi connectivity index (χ0v) is 23.3. The van der Waals surface area contributed by atoms with Gasteiger partial charge in [-0.2, -0.15) is 4.31 Å². The van der Waals surface area contributed by atoms with Crippen LogP contribution in [0.5, 0.6) is 0 Å². The summed E-state index contributed by atoms with van der Waals surface area (Å²) in [6, 6.07) is 7.63. The number of rotatable bonds is 5. The van der Waals surface area contributed by atoms with Crippen molar-refractivity contribution in [3.05, 3.63) is 56.5 Å². The van der Waals surface area contributed by atoms with E-state index in [2.05, 4.69) is 10.6 Å². The number of carbonyl (C=O) groups excluding carboxylic acids is 2. The van der Waals surface area contributed by atoms with Gasteiger partial charge in [0.15, 0.2) is 6.17 Å². The van der Waals surface area contributed by atoms with Crippen LogP contribution in [-0.2, 0) is 14.8 Å². The molecule has 37 heavy (non-hydrogen) atoms. The van der Waals surface area contributed by atoms with Gasteiger partial charge in [0, 0.05) is 30.9 Å². The lowest BCUT2D eigenvalue weighted by Gasteiger charge is -2.32. The molecule has 0 spiro atoms. The van der Waals surface area contributed by atoms with E-state index >= 15 is 0 Å². The fourth-order valence-electron chi connectivity index (χ4n) is 4.42. The molecule has 0 aromatic heterocycles. The second-order valence-corrected chi connectivity index (χ2v) is 12.5. The third-order valence-electron chi connectivity index (χ3n) is 6.41. The van der Waals surface area contributed by atoms with Gasteiger partial charge in [-0.1, -0.05) is 46.4 Å². The summed E-state index contributed by atoms with van der Waals surface area (Å²) < 4.78 is 28.2. The smallest absolute Gasteiger partial charge is 0.323 e. The number of hydrogen-bond donors (Lipinski definition) is 3. The highest BCUT2D eigenvalue weighted by Crippen LogP contribution is 2.31. The van der Waals surface area contributed by atoms with Gasteiger partial charge in [0.25, 0.3) is 5.91 Å². The van der Waals surface area contributed by atoms with Crippen molar-refractivity contribution in [2.75, 3.05) is 18.4 Å². The molecule has 1 atom stereocenters. The van der Waals surface area contributed by atoms with Crippen LogP contribution >= 0.6 is 46.4 Å². The van der Waals surface area contributed by atoms with Crippen LogP contribution in [0.25, 0.3) is 0 Å². The average Bonchev–Trinajstić information content (AvgIpc) is 3.31. The Labute approximate surface area is 235 Å². The molecule has 0 radical (unpaired) electrons. The van der Waals surface area contributed by atoms with Gasteiger partial charge in [0.05, 0.1) is 25.0 Å². The first-order valence-electron chi connectivity index (χ1n) is 11.5. The molecule has 2 aromatic carbocycles. The number of anilines is 1. The van der Waals surface area contributed by atoms with E-state index in [4.69, 9.17) is 52.1 Å². The predicted octanol–water partition coefficient (Wildman–Crippen LogP) is 4.55. The Morgan fingerprint density at radius 2 is 1.49 bits per heavy atom. The number of halogens is 4. The van der Waals surface area contributed by atoms with Crippen LogP contribution in [0.2, 0.25) is 20.1 Å². The largest absolute Gasteiger partial charge is 0.350 e. The number of benzene rings is 2. The summed E-state index contributed by atoms with van der Waals surface area (Å²) in [5, 5.41) is 6.36. The maximum absolute atomic E-state index is 13.6. The van der Waals surface area contributed by atoms with Crippen LogP contribution in [0, 0.1) is 0 Å². The molecule has 1 heterocycles. The minimum absolute atomic E-state index is 0.0265. The molecule has 2 aromatic rings. The first-order chi connectivity index (χ1) is 17.5. The van der Waals surface area contributed by atoms with Crippen molar-refractivity contribution in [3.63, 3.8) is 0 Å². The molecule has 1 aliphatic heterocycles. The van der Waals surface area contributed by atoms with Crippen LogP contribution in [0.3, 0.4) is 0 Å². The van der Waals surface area contributed by atoms with E-state index in [9.17, 15) is 18.0 Å². The first-order valence-corrected chi connectivity index (χ1v) is 14.5. The Balaban J connectivity index is 1.62. The molecule has 200 valence electrons. The Morgan fingerprint density at radius 3 is 2.11 bits per heavy atom. The zero-order valence-electron chi connectivity index (χ0n) is 19.5. The van der Waals surface area contributed by atoms with E-state index in [1.54, 1.807) is 6.07 Å². The molecular weight excluding hydrogens is 584 g/mol. The Hall–Kier alpha value is -1.79. The van der Waals surface area contributed by atoms with Gasteiger partial charge in [0.1, 0.15) is 0 Å². The summed E-state index contributed by atoms with van der Waals surface area (Å²) in [7, 11) is -4.22. The van der Waals surface area contributed by atoms with Crippen molar-refractivity contribution in [2.45, 2.75) is 48.8 Å². The van der Waals surface area contributed by atoms with E-state index in [0.29, 0.717) is 23.6 Å². The molecule has 9 nitrogen and oxygen atoms in total. The van der Waals surface area contributed by atoms with E-state index in [0.717, 1.165) is 17.1 Å². The first kappa shape index (κ1) is 28.2. The normalized spacial score (nSPS) is 22.6. The van der Waals surface area contributed by atoms with Crippen LogP contribution in [0.15, 0.2) is 41.3 Å². The second kappa shape index (κ2) is 11.5. The summed E-state index contributed by atoms with van der Waals surface area (Å²) in [6.45, 7) is -0.133. The molecule has 0 bridgehead atoms. The van der Waals surface area contributed by atoms with E-state index in [-0.39, 0.29) is 45.1 Å². The van der Waals surface area contributed by atoms with Crippen molar-refractivity contribution in [1.29, 1.82) is 0 Å². The van der Waals surface area contributed by atoms with Crippen LogP contribution in [0.1, 0.15) is 25.7 Å². The highest BCUT2D eigenvalue weighted by Gasteiger charge is 2.47. The monoisotopic (exact) mass is 607 g/mol. The standard InChI is InChI=1S/C23H25Cl4N5O4S/c24-17-7-5-15(11-19(17)26)30-23(34)31-9-10-32(37(35,36)16-6-8-18(25)20(27)12-16)22(31)21(33)29-14-3-1-13(28)2-4-14/h5-8,11-14,22H,1-4,9-10,28H2,(H,29,33)(H,30,34). The van der Waals surface area contributed by atoms with E-state index < -0.39 is 28.1 Å². The highest BCUT2D eigenvalue weighted by atomic mass is 35.5. The summed E-state index contributed by atoms with van der Waals surface area (Å²) in [6.07, 6.45) is 1.37. The quantitative estimate of drug-likeness (QED) is 0.459. The Bertz CT molecular complexity index is 1300. The number of nitrogens with two attached hydrogens (primary N) is 1. The molecule has 4 N–H and O–H groups in total. The molecule has 3 amide bonds. The average molecular weight is 609 g/mol. The number of carbonyl (C=O) groups is 2. The lowest BCUT2D eigenvalue weighted by molar-refractivity contribution is -0.128. The third-order valence-corrected chi connectivity index (χ3v) is 9.74.